The summed E-state index contributed by atoms with van der Waals surface area (Å²) in [4.78, 5) is 18.5. The summed E-state index contributed by atoms with van der Waals surface area (Å²) in [5.74, 6) is 0.835. The molecule has 7 heteroatoms. The van der Waals surface area contributed by atoms with Crippen molar-refractivity contribution in [2.24, 2.45) is 4.99 Å². The van der Waals surface area contributed by atoms with Crippen molar-refractivity contribution < 1.29 is 9.53 Å². The zero-order valence-electron chi connectivity index (χ0n) is 16.5. The van der Waals surface area contributed by atoms with Gasteiger partial charge in [0.25, 0.3) is 5.91 Å². The maximum Gasteiger partial charge on any atom is 0.272 e. The second-order valence-corrected chi connectivity index (χ2v) is 6.48. The first-order chi connectivity index (χ1) is 13.6. The van der Waals surface area contributed by atoms with E-state index in [0.29, 0.717) is 42.7 Å². The van der Waals surface area contributed by atoms with Crippen LogP contribution in [0.15, 0.2) is 59.4 Å². The number of hydrogen-bond acceptors (Lipinski definition) is 4. The molecule has 1 aliphatic heterocycles. The Morgan fingerprint density at radius 1 is 1.43 bits per heavy atom. The van der Waals surface area contributed by atoms with E-state index < -0.39 is 0 Å². The Bertz CT molecular complexity index is 820. The molecular formula is C21H27ClN4O2. The molecular weight excluding hydrogens is 376 g/mol. The van der Waals surface area contributed by atoms with Crippen LogP contribution in [-0.2, 0) is 17.9 Å². The van der Waals surface area contributed by atoms with Crippen molar-refractivity contribution in [2.75, 3.05) is 13.1 Å². The van der Waals surface area contributed by atoms with Gasteiger partial charge in [-0.15, -0.1) is 0 Å². The minimum Gasteiger partial charge on any atom is -0.492 e. The molecule has 0 atom stereocenters. The van der Waals surface area contributed by atoms with Gasteiger partial charge in [0.1, 0.15) is 18.0 Å². The van der Waals surface area contributed by atoms with Gasteiger partial charge >= 0.3 is 0 Å². The average Bonchev–Trinajstić information content (AvgIpc) is 3.14. The Labute approximate surface area is 171 Å². The summed E-state index contributed by atoms with van der Waals surface area (Å²) in [5.41, 5.74) is 1.82. The summed E-state index contributed by atoms with van der Waals surface area (Å²) in [6, 6.07) is 1.79. The number of fused-ring (bicyclic) bond motifs is 1. The fraction of sp³-hybridized carbons (Fsp3) is 0.381. The van der Waals surface area contributed by atoms with Crippen LogP contribution in [0.25, 0.3) is 0 Å². The highest BCUT2D eigenvalue weighted by molar-refractivity contribution is 6.43. The molecule has 2 aliphatic rings. The average molecular weight is 403 g/mol. The number of aliphatic imine (C=N–C) groups is 1. The van der Waals surface area contributed by atoms with Crippen molar-refractivity contribution in [1.29, 1.82) is 0 Å². The lowest BCUT2D eigenvalue weighted by atomic mass is 10.2. The summed E-state index contributed by atoms with van der Waals surface area (Å²) in [6.07, 6.45) is 9.34. The molecule has 1 amide bonds. The van der Waals surface area contributed by atoms with E-state index in [-0.39, 0.29) is 5.91 Å². The van der Waals surface area contributed by atoms with Crippen LogP contribution in [0.2, 0.25) is 0 Å². The van der Waals surface area contributed by atoms with Gasteiger partial charge in [0.05, 0.1) is 29.6 Å². The number of aromatic nitrogens is 2. The van der Waals surface area contributed by atoms with Crippen molar-refractivity contribution in [3.05, 3.63) is 65.8 Å². The normalized spacial score (nSPS) is 16.0. The first-order valence-electron chi connectivity index (χ1n) is 9.45. The number of ether oxygens (including phenoxy) is 1. The second kappa shape index (κ2) is 10.7. The van der Waals surface area contributed by atoms with Crippen LogP contribution in [0.5, 0.6) is 0 Å². The molecule has 2 heterocycles. The minimum absolute atomic E-state index is 0.107. The van der Waals surface area contributed by atoms with Gasteiger partial charge in [-0.1, -0.05) is 50.8 Å². The minimum atomic E-state index is -0.107. The van der Waals surface area contributed by atoms with E-state index in [1.165, 1.54) is 6.20 Å². The molecule has 0 saturated carbocycles. The first-order valence-corrected chi connectivity index (χ1v) is 9.83. The molecule has 1 aliphatic carbocycles. The molecule has 3 rings (SSSR count). The molecule has 150 valence electrons. The van der Waals surface area contributed by atoms with E-state index in [0.717, 1.165) is 24.3 Å². The summed E-state index contributed by atoms with van der Waals surface area (Å²) < 4.78 is 7.52. The quantitative estimate of drug-likeness (QED) is 0.633. The lowest BCUT2D eigenvalue weighted by Crippen LogP contribution is -2.43. The molecule has 0 N–H and O–H groups in total. The van der Waals surface area contributed by atoms with Crippen LogP contribution in [0.3, 0.4) is 0 Å². The van der Waals surface area contributed by atoms with Gasteiger partial charge in [0.2, 0.25) is 0 Å². The molecule has 0 radical (unpaired) electrons. The molecule has 1 aromatic heterocycles. The molecule has 6 nitrogen and oxygen atoms in total. The Balaban J connectivity index is 0.00000136. The number of allylic oxidation sites excluding steroid dienone is 4. The third kappa shape index (κ3) is 5.45. The first kappa shape index (κ1) is 21.7. The summed E-state index contributed by atoms with van der Waals surface area (Å²) in [5, 5.41) is 4.79. The van der Waals surface area contributed by atoms with E-state index in [1.54, 1.807) is 15.6 Å². The molecule has 0 spiro atoms. The lowest BCUT2D eigenvalue weighted by Gasteiger charge is -2.27. The molecule has 28 heavy (non-hydrogen) atoms. The molecule has 1 aromatic rings. The van der Waals surface area contributed by atoms with Gasteiger partial charge in [-0.2, -0.15) is 5.10 Å². The highest BCUT2D eigenvalue weighted by Gasteiger charge is 2.27. The van der Waals surface area contributed by atoms with Crippen molar-refractivity contribution in [3.8, 4) is 0 Å². The molecule has 0 unspecified atom stereocenters. The van der Waals surface area contributed by atoms with Gasteiger partial charge in [-0.25, -0.2) is 0 Å². The Morgan fingerprint density at radius 2 is 2.21 bits per heavy atom. The zero-order valence-corrected chi connectivity index (χ0v) is 17.3. The Hall–Kier alpha value is -2.60. The molecule has 0 saturated heterocycles. The molecule has 0 aromatic carbocycles. The smallest absolute Gasteiger partial charge is 0.272 e. The predicted molar refractivity (Wildman–Crippen MR) is 113 cm³/mol. The third-order valence-electron chi connectivity index (χ3n) is 4.20. The maximum absolute atomic E-state index is 12.7. The van der Waals surface area contributed by atoms with Crippen LogP contribution in [-0.4, -0.2) is 39.4 Å². The van der Waals surface area contributed by atoms with Crippen molar-refractivity contribution in [1.82, 2.24) is 14.7 Å². The topological polar surface area (TPSA) is 59.7 Å². The predicted octanol–water partition coefficient (Wildman–Crippen LogP) is 4.45. The van der Waals surface area contributed by atoms with Crippen molar-refractivity contribution >= 4 is 23.2 Å². The fourth-order valence-corrected chi connectivity index (χ4v) is 2.98. The number of halogens is 1. The number of hydrogen-bond donors (Lipinski definition) is 0. The van der Waals surface area contributed by atoms with Gasteiger partial charge in [-0.3, -0.25) is 14.5 Å². The van der Waals surface area contributed by atoms with Gasteiger partial charge < -0.3 is 9.64 Å². The van der Waals surface area contributed by atoms with E-state index in [4.69, 9.17) is 16.3 Å². The van der Waals surface area contributed by atoms with E-state index in [2.05, 4.69) is 29.3 Å². The van der Waals surface area contributed by atoms with Crippen molar-refractivity contribution in [2.45, 2.75) is 39.8 Å². The van der Waals surface area contributed by atoms with Crippen LogP contribution >= 0.6 is 11.6 Å². The number of carbonyl (C=O) groups is 1. The van der Waals surface area contributed by atoms with Crippen LogP contribution in [0.4, 0.5) is 0 Å². The summed E-state index contributed by atoms with van der Waals surface area (Å²) in [6.45, 7) is 13.0. The highest BCUT2D eigenvalue weighted by Crippen LogP contribution is 2.18. The molecule has 0 fully saturated rings. The lowest BCUT2D eigenvalue weighted by molar-refractivity contribution is 0.0725. The van der Waals surface area contributed by atoms with Crippen LogP contribution < -0.4 is 0 Å². The Morgan fingerprint density at radius 3 is 2.86 bits per heavy atom. The van der Waals surface area contributed by atoms with Gasteiger partial charge in [0.15, 0.2) is 0 Å². The number of carbonyl (C=O) groups excluding carboxylic acids is 1. The Kier molecular flexibility index (Phi) is 8.26. The SMILES string of the molecule is C=CN=C(CN1CCn2nc(COC3=CC=CCC3)cc2C1=O)C(=C)Cl.CC. The van der Waals surface area contributed by atoms with Crippen molar-refractivity contribution in [3.63, 3.8) is 0 Å². The summed E-state index contributed by atoms with van der Waals surface area (Å²) in [7, 11) is 0. The highest BCUT2D eigenvalue weighted by atomic mass is 35.5. The van der Waals surface area contributed by atoms with Gasteiger partial charge in [0, 0.05) is 19.2 Å². The fourth-order valence-electron chi connectivity index (χ4n) is 2.87. The monoisotopic (exact) mass is 402 g/mol. The maximum atomic E-state index is 12.7. The summed E-state index contributed by atoms with van der Waals surface area (Å²) >= 11 is 5.95. The molecule has 0 bridgehead atoms. The van der Waals surface area contributed by atoms with E-state index >= 15 is 0 Å². The number of rotatable bonds is 7. The standard InChI is InChI=1S/C19H21ClN4O2.C2H6/c1-3-21-17(14(2)20)12-23-9-10-24-18(19(23)25)11-15(22-24)13-26-16-7-5-4-6-8-16;1-2/h3-5,7,11H,1-2,6,8-10,12-13H2;1-2H3. The third-order valence-corrected chi connectivity index (χ3v) is 4.42. The number of amides is 1. The number of nitrogens with zero attached hydrogens (tertiary/aromatic N) is 4. The largest absolute Gasteiger partial charge is 0.492 e. The second-order valence-electron chi connectivity index (χ2n) is 6.02. The van der Waals surface area contributed by atoms with E-state index in [9.17, 15) is 4.79 Å². The van der Waals surface area contributed by atoms with E-state index in [1.807, 2.05) is 26.0 Å². The zero-order chi connectivity index (χ0) is 20.5. The van der Waals surface area contributed by atoms with Crippen LogP contribution in [0, 0.1) is 0 Å². The van der Waals surface area contributed by atoms with Gasteiger partial charge in [-0.05, 0) is 18.6 Å². The van der Waals surface area contributed by atoms with Crippen LogP contribution in [0.1, 0.15) is 42.9 Å².